The molecule has 1 aromatic rings. The van der Waals surface area contributed by atoms with Gasteiger partial charge in [-0.1, -0.05) is 56.0 Å². The van der Waals surface area contributed by atoms with Crippen molar-refractivity contribution in [3.63, 3.8) is 0 Å². The average Bonchev–Trinajstić information content (AvgIpc) is 2.91. The molecule has 2 aliphatic heterocycles. The number of hydrogen-bond donors (Lipinski definition) is 0. The average molecular weight is 356 g/mol. The van der Waals surface area contributed by atoms with Crippen LogP contribution in [0, 0.1) is 6.92 Å². The van der Waals surface area contributed by atoms with Gasteiger partial charge >= 0.3 is 0 Å². The van der Waals surface area contributed by atoms with Crippen molar-refractivity contribution in [3.05, 3.63) is 41.1 Å². The zero-order valence-electron chi connectivity index (χ0n) is 15.8. The molecule has 0 N–H and O–H groups in total. The number of carbonyl (C=O) groups excluding carboxylic acids is 2. The zero-order chi connectivity index (χ0) is 18.5. The number of carbonyl (C=O) groups is 2. The van der Waals surface area contributed by atoms with Gasteiger partial charge in [-0.2, -0.15) is 0 Å². The number of ether oxygens (including phenoxy) is 1. The van der Waals surface area contributed by atoms with Crippen LogP contribution in [-0.2, 0) is 14.3 Å². The van der Waals surface area contributed by atoms with Crippen LogP contribution in [0.3, 0.4) is 0 Å². The van der Waals surface area contributed by atoms with Gasteiger partial charge in [0.05, 0.1) is 18.8 Å². The summed E-state index contributed by atoms with van der Waals surface area (Å²) in [6.45, 7) is 7.13. The minimum atomic E-state index is -0.156. The maximum absolute atomic E-state index is 13.1. The quantitative estimate of drug-likeness (QED) is 0.557. The van der Waals surface area contributed by atoms with Gasteiger partial charge in [-0.25, -0.2) is 0 Å². The van der Waals surface area contributed by atoms with Crippen molar-refractivity contribution < 1.29 is 14.3 Å². The lowest BCUT2D eigenvalue weighted by molar-refractivity contribution is -0.137. The van der Waals surface area contributed by atoms with Gasteiger partial charge in [-0.05, 0) is 18.9 Å². The Balaban J connectivity index is 1.90. The molecule has 0 radical (unpaired) electrons. The molecule has 0 bridgehead atoms. The highest BCUT2D eigenvalue weighted by Crippen LogP contribution is 2.32. The minimum Gasteiger partial charge on any atom is -0.378 e. The van der Waals surface area contributed by atoms with Gasteiger partial charge < -0.3 is 9.64 Å². The van der Waals surface area contributed by atoms with Gasteiger partial charge in [0, 0.05) is 19.6 Å². The van der Waals surface area contributed by atoms with Crippen LogP contribution in [0.25, 0.3) is 5.57 Å². The maximum Gasteiger partial charge on any atom is 0.277 e. The minimum absolute atomic E-state index is 0.149. The SMILES string of the molecule is CCCCCCN1C(=O)C(c2ccc(C)cc2)=C(N2CCOCC2)C1=O. The predicted molar refractivity (Wildman–Crippen MR) is 101 cm³/mol. The van der Waals surface area contributed by atoms with Gasteiger partial charge in [-0.15, -0.1) is 0 Å². The molecule has 2 amide bonds. The van der Waals surface area contributed by atoms with E-state index in [9.17, 15) is 9.59 Å². The van der Waals surface area contributed by atoms with Crippen LogP contribution in [0.1, 0.15) is 43.7 Å². The second-order valence-electron chi connectivity index (χ2n) is 7.01. The van der Waals surface area contributed by atoms with Crippen molar-refractivity contribution in [2.24, 2.45) is 0 Å². The monoisotopic (exact) mass is 356 g/mol. The number of benzene rings is 1. The number of nitrogens with zero attached hydrogens (tertiary/aromatic N) is 2. The lowest BCUT2D eigenvalue weighted by Crippen LogP contribution is -2.40. The standard InChI is InChI=1S/C21H28N2O3/c1-3-4-5-6-11-23-20(24)18(17-9-7-16(2)8-10-17)19(21(23)25)22-12-14-26-15-13-22/h7-10H,3-6,11-15H2,1-2H3. The van der Waals surface area contributed by atoms with E-state index in [4.69, 9.17) is 4.74 Å². The normalized spacial score (nSPS) is 18.2. The van der Waals surface area contributed by atoms with Gasteiger partial charge in [0.25, 0.3) is 11.8 Å². The van der Waals surface area contributed by atoms with Gasteiger partial charge in [0.1, 0.15) is 5.70 Å². The topological polar surface area (TPSA) is 49.9 Å². The summed E-state index contributed by atoms with van der Waals surface area (Å²) in [6, 6.07) is 7.86. The Morgan fingerprint density at radius 2 is 1.65 bits per heavy atom. The molecule has 0 spiro atoms. The molecule has 2 heterocycles. The Labute approximate surface area is 155 Å². The molecule has 0 unspecified atom stereocenters. The smallest absolute Gasteiger partial charge is 0.277 e. The number of hydrogen-bond acceptors (Lipinski definition) is 4. The van der Waals surface area contributed by atoms with E-state index in [2.05, 4.69) is 6.92 Å². The number of unbranched alkanes of at least 4 members (excludes halogenated alkanes) is 3. The highest BCUT2D eigenvalue weighted by Gasteiger charge is 2.41. The van der Waals surface area contributed by atoms with E-state index in [1.165, 1.54) is 4.90 Å². The molecule has 1 fully saturated rings. The number of amides is 2. The first-order valence-corrected chi connectivity index (χ1v) is 9.63. The van der Waals surface area contributed by atoms with Crippen molar-refractivity contribution in [1.82, 2.24) is 9.80 Å². The van der Waals surface area contributed by atoms with Crippen molar-refractivity contribution in [2.75, 3.05) is 32.8 Å². The van der Waals surface area contributed by atoms with Gasteiger partial charge in [-0.3, -0.25) is 14.5 Å². The van der Waals surface area contributed by atoms with Crippen LogP contribution < -0.4 is 0 Å². The lowest BCUT2D eigenvalue weighted by Gasteiger charge is -2.29. The van der Waals surface area contributed by atoms with Crippen molar-refractivity contribution in [2.45, 2.75) is 39.5 Å². The first-order valence-electron chi connectivity index (χ1n) is 9.63. The first-order chi connectivity index (χ1) is 12.6. The molecule has 0 aliphatic carbocycles. The number of imide groups is 1. The zero-order valence-corrected chi connectivity index (χ0v) is 15.8. The highest BCUT2D eigenvalue weighted by molar-refractivity contribution is 6.35. The largest absolute Gasteiger partial charge is 0.378 e. The Morgan fingerprint density at radius 1 is 0.962 bits per heavy atom. The number of aryl methyl sites for hydroxylation is 1. The summed E-state index contributed by atoms with van der Waals surface area (Å²) in [7, 11) is 0. The van der Waals surface area contributed by atoms with E-state index in [-0.39, 0.29) is 11.8 Å². The molecule has 140 valence electrons. The molecular weight excluding hydrogens is 328 g/mol. The first kappa shape index (κ1) is 18.6. The third-order valence-corrected chi connectivity index (χ3v) is 5.05. The Hall–Kier alpha value is -2.14. The van der Waals surface area contributed by atoms with Crippen molar-refractivity contribution >= 4 is 17.4 Å². The molecule has 0 atom stereocenters. The molecule has 5 nitrogen and oxygen atoms in total. The summed E-state index contributed by atoms with van der Waals surface area (Å²) in [4.78, 5) is 29.7. The summed E-state index contributed by atoms with van der Waals surface area (Å²) < 4.78 is 5.42. The third kappa shape index (κ3) is 3.83. The summed E-state index contributed by atoms with van der Waals surface area (Å²) in [5.74, 6) is -0.305. The lowest BCUT2D eigenvalue weighted by atomic mass is 10.0. The van der Waals surface area contributed by atoms with E-state index in [0.717, 1.165) is 36.8 Å². The molecule has 0 saturated carbocycles. The van der Waals surface area contributed by atoms with Crippen LogP contribution in [0.5, 0.6) is 0 Å². The predicted octanol–water partition coefficient (Wildman–Crippen LogP) is 2.99. The molecule has 3 rings (SSSR count). The second kappa shape index (κ2) is 8.49. The van der Waals surface area contributed by atoms with Crippen LogP contribution in [0.4, 0.5) is 0 Å². The maximum atomic E-state index is 13.1. The number of morpholine rings is 1. The van der Waals surface area contributed by atoms with E-state index in [0.29, 0.717) is 44.1 Å². The van der Waals surface area contributed by atoms with E-state index in [1.54, 1.807) is 0 Å². The van der Waals surface area contributed by atoms with Crippen molar-refractivity contribution in [3.8, 4) is 0 Å². The van der Waals surface area contributed by atoms with E-state index in [1.807, 2.05) is 36.1 Å². The fourth-order valence-corrected chi connectivity index (χ4v) is 3.52. The fourth-order valence-electron chi connectivity index (χ4n) is 3.52. The Bertz CT molecular complexity index is 688. The fraction of sp³-hybridized carbons (Fsp3) is 0.524. The van der Waals surface area contributed by atoms with Crippen LogP contribution in [-0.4, -0.2) is 54.5 Å². The molecular formula is C21H28N2O3. The summed E-state index contributed by atoms with van der Waals surface area (Å²) in [5, 5.41) is 0. The summed E-state index contributed by atoms with van der Waals surface area (Å²) >= 11 is 0. The Morgan fingerprint density at radius 3 is 2.31 bits per heavy atom. The second-order valence-corrected chi connectivity index (χ2v) is 7.01. The van der Waals surface area contributed by atoms with Crippen LogP contribution in [0.15, 0.2) is 30.0 Å². The van der Waals surface area contributed by atoms with Gasteiger partial charge in [0.15, 0.2) is 0 Å². The molecule has 2 aliphatic rings. The summed E-state index contributed by atoms with van der Waals surface area (Å²) in [6.07, 6.45) is 4.17. The van der Waals surface area contributed by atoms with Crippen LogP contribution >= 0.6 is 0 Å². The molecule has 5 heteroatoms. The third-order valence-electron chi connectivity index (χ3n) is 5.05. The molecule has 1 aromatic carbocycles. The highest BCUT2D eigenvalue weighted by atomic mass is 16.5. The molecule has 1 saturated heterocycles. The molecule has 0 aromatic heterocycles. The van der Waals surface area contributed by atoms with Gasteiger partial charge in [0.2, 0.25) is 0 Å². The number of rotatable bonds is 7. The Kier molecular flexibility index (Phi) is 6.09. The van der Waals surface area contributed by atoms with Crippen molar-refractivity contribution in [1.29, 1.82) is 0 Å². The van der Waals surface area contributed by atoms with E-state index >= 15 is 0 Å². The van der Waals surface area contributed by atoms with Crippen LogP contribution in [0.2, 0.25) is 0 Å². The van der Waals surface area contributed by atoms with E-state index < -0.39 is 0 Å². The summed E-state index contributed by atoms with van der Waals surface area (Å²) in [5.41, 5.74) is 3.06. The molecule has 26 heavy (non-hydrogen) atoms.